The van der Waals surface area contributed by atoms with Crippen LogP contribution in [-0.2, 0) is 0 Å². The molecule has 0 saturated heterocycles. The Kier molecular flexibility index (Phi) is 2.47. The van der Waals surface area contributed by atoms with Crippen LogP contribution in [0.3, 0.4) is 0 Å². The maximum absolute atomic E-state index is 10.2. The predicted octanol–water partition coefficient (Wildman–Crippen LogP) is 0.919. The van der Waals surface area contributed by atoms with Crippen molar-refractivity contribution >= 4 is 25.7 Å². The summed E-state index contributed by atoms with van der Waals surface area (Å²) in [6.07, 6.45) is 0. The molecule has 1 aromatic carbocycles. The van der Waals surface area contributed by atoms with Crippen molar-refractivity contribution in [3.05, 3.63) is 29.3 Å². The third kappa shape index (κ3) is 1.94. The van der Waals surface area contributed by atoms with E-state index in [4.69, 9.17) is 11.6 Å². The van der Waals surface area contributed by atoms with Crippen LogP contribution in [0.15, 0.2) is 24.3 Å². The Morgan fingerprint density at radius 2 is 1.78 bits per heavy atom. The summed E-state index contributed by atoms with van der Waals surface area (Å²) in [4.78, 5) is 10.2. The molecule has 0 radical (unpaired) electrons. The van der Waals surface area contributed by atoms with Gasteiger partial charge in [-0.25, -0.2) is 0 Å². The molecular weight excluding hydrogens is 154 g/mol. The van der Waals surface area contributed by atoms with Crippen molar-refractivity contribution in [2.75, 3.05) is 0 Å². The van der Waals surface area contributed by atoms with Gasteiger partial charge >= 0.3 is 0 Å². The lowest BCUT2D eigenvalue weighted by atomic mass is 10.4. The summed E-state index contributed by atoms with van der Waals surface area (Å²) >= 11 is 5.57. The van der Waals surface area contributed by atoms with Crippen molar-refractivity contribution in [1.29, 1.82) is 0 Å². The van der Waals surface area contributed by atoms with Gasteiger partial charge in [0.05, 0.1) is 0 Å². The summed E-state index contributed by atoms with van der Waals surface area (Å²) in [6.45, 7) is 0. The first-order valence-corrected chi connectivity index (χ1v) is 3.75. The normalized spacial score (nSPS) is 10.9. The quantitative estimate of drug-likeness (QED) is 0.559. The smallest absolute Gasteiger partial charge is 0.0406 e. The fourth-order valence-corrected chi connectivity index (χ4v) is 0.947. The van der Waals surface area contributed by atoms with Crippen molar-refractivity contribution in [3.63, 3.8) is 0 Å². The number of halogens is 1. The number of hydrogen-bond donors (Lipinski definition) is 0. The molecule has 0 N–H and O–H groups in total. The van der Waals surface area contributed by atoms with Gasteiger partial charge in [0.15, 0.2) is 0 Å². The highest BCUT2D eigenvalue weighted by atomic mass is 35.5. The van der Waals surface area contributed by atoms with Crippen LogP contribution >= 0.6 is 20.4 Å². The number of rotatable bonds is 1. The van der Waals surface area contributed by atoms with Crippen molar-refractivity contribution in [2.45, 2.75) is 0 Å². The van der Waals surface area contributed by atoms with E-state index in [1.54, 1.807) is 24.3 Å². The van der Waals surface area contributed by atoms with Crippen LogP contribution in [0.2, 0.25) is 5.02 Å². The van der Waals surface area contributed by atoms with Crippen molar-refractivity contribution in [2.24, 2.45) is 0 Å². The standard InChI is InChI=1S/C6H5ClOP/c7-5-1-3-6(9-8)4-2-5/h1-4,9H/q-1. The molecule has 9 heavy (non-hydrogen) atoms. The Hall–Kier alpha value is -0.100. The fraction of sp³-hybridized carbons (Fsp3) is 0. The number of hydrogen-bond acceptors (Lipinski definition) is 1. The van der Waals surface area contributed by atoms with Gasteiger partial charge in [-0.05, 0) is 17.4 Å². The second kappa shape index (κ2) is 3.17. The molecule has 1 nitrogen and oxygen atoms in total. The zero-order chi connectivity index (χ0) is 6.69. The van der Waals surface area contributed by atoms with Gasteiger partial charge in [-0.15, -0.1) is 0 Å². The summed E-state index contributed by atoms with van der Waals surface area (Å²) in [5.74, 6) is 0. The second-order valence-electron chi connectivity index (χ2n) is 1.61. The molecule has 0 heterocycles. The van der Waals surface area contributed by atoms with E-state index in [2.05, 4.69) is 0 Å². The third-order valence-corrected chi connectivity index (χ3v) is 1.78. The molecule has 0 fully saturated rings. The van der Waals surface area contributed by atoms with Crippen LogP contribution in [-0.4, -0.2) is 0 Å². The Morgan fingerprint density at radius 1 is 1.22 bits per heavy atom. The molecule has 1 rings (SSSR count). The van der Waals surface area contributed by atoms with E-state index < -0.39 is 0 Å². The van der Waals surface area contributed by atoms with Gasteiger partial charge in [0.2, 0.25) is 0 Å². The molecule has 0 aliphatic carbocycles. The van der Waals surface area contributed by atoms with Gasteiger partial charge in [-0.1, -0.05) is 23.7 Å². The second-order valence-corrected chi connectivity index (χ2v) is 2.83. The van der Waals surface area contributed by atoms with Crippen LogP contribution in [0, 0.1) is 0 Å². The fourth-order valence-electron chi connectivity index (χ4n) is 0.518. The molecule has 3 heteroatoms. The average molecular weight is 160 g/mol. The molecule has 0 aromatic heterocycles. The summed E-state index contributed by atoms with van der Waals surface area (Å²) in [6, 6.07) is 6.94. The maximum atomic E-state index is 10.2. The Bertz CT molecular complexity index is 185. The van der Waals surface area contributed by atoms with Gasteiger partial charge in [0, 0.05) is 5.02 Å². The Morgan fingerprint density at radius 3 is 2.22 bits per heavy atom. The zero-order valence-corrected chi connectivity index (χ0v) is 6.35. The van der Waals surface area contributed by atoms with Crippen molar-refractivity contribution in [3.8, 4) is 0 Å². The van der Waals surface area contributed by atoms with Crippen LogP contribution in [0.5, 0.6) is 0 Å². The third-order valence-electron chi connectivity index (χ3n) is 0.962. The summed E-state index contributed by atoms with van der Waals surface area (Å²) in [7, 11) is -0.382. The molecule has 0 saturated carbocycles. The highest BCUT2D eigenvalue weighted by molar-refractivity contribution is 7.39. The van der Waals surface area contributed by atoms with E-state index >= 15 is 0 Å². The van der Waals surface area contributed by atoms with Crippen LogP contribution in [0.4, 0.5) is 0 Å². The van der Waals surface area contributed by atoms with E-state index in [0.717, 1.165) is 5.30 Å². The van der Waals surface area contributed by atoms with Crippen LogP contribution < -0.4 is 10.2 Å². The molecule has 0 amide bonds. The lowest BCUT2D eigenvalue weighted by Gasteiger charge is -2.02. The van der Waals surface area contributed by atoms with E-state index in [9.17, 15) is 4.89 Å². The van der Waals surface area contributed by atoms with E-state index in [1.807, 2.05) is 0 Å². The Balaban J connectivity index is 2.88. The first-order chi connectivity index (χ1) is 4.33. The van der Waals surface area contributed by atoms with Gasteiger partial charge < -0.3 is 4.89 Å². The van der Waals surface area contributed by atoms with Gasteiger partial charge in [0.25, 0.3) is 0 Å². The zero-order valence-electron chi connectivity index (χ0n) is 4.60. The summed E-state index contributed by atoms with van der Waals surface area (Å²) in [5, 5.41) is 1.48. The van der Waals surface area contributed by atoms with E-state index in [1.165, 1.54) is 0 Å². The molecular formula is C6H5ClOP-. The van der Waals surface area contributed by atoms with E-state index in [-0.39, 0.29) is 8.81 Å². The minimum Gasteiger partial charge on any atom is -0.828 e. The van der Waals surface area contributed by atoms with Crippen LogP contribution in [0.1, 0.15) is 0 Å². The molecule has 0 aliphatic rings. The van der Waals surface area contributed by atoms with Crippen molar-refractivity contribution < 1.29 is 4.89 Å². The lowest BCUT2D eigenvalue weighted by Crippen LogP contribution is -1.98. The molecule has 0 bridgehead atoms. The minimum absolute atomic E-state index is 0.382. The molecule has 0 aliphatic heterocycles. The van der Waals surface area contributed by atoms with Gasteiger partial charge in [-0.2, -0.15) is 8.81 Å². The molecule has 1 unspecified atom stereocenters. The first kappa shape index (κ1) is 7.01. The minimum atomic E-state index is -0.382. The molecule has 1 aromatic rings. The van der Waals surface area contributed by atoms with Crippen LogP contribution in [0.25, 0.3) is 0 Å². The molecule has 0 spiro atoms. The largest absolute Gasteiger partial charge is 0.828 e. The predicted molar refractivity (Wildman–Crippen MR) is 39.4 cm³/mol. The highest BCUT2D eigenvalue weighted by Crippen LogP contribution is 2.06. The van der Waals surface area contributed by atoms with E-state index in [0.29, 0.717) is 5.02 Å². The summed E-state index contributed by atoms with van der Waals surface area (Å²) < 4.78 is 0. The van der Waals surface area contributed by atoms with Crippen molar-refractivity contribution in [1.82, 2.24) is 0 Å². The van der Waals surface area contributed by atoms with Gasteiger partial charge in [-0.3, -0.25) is 0 Å². The monoisotopic (exact) mass is 159 g/mol. The number of benzene rings is 1. The first-order valence-electron chi connectivity index (χ1n) is 2.46. The SMILES string of the molecule is [O-]Pc1ccc(Cl)cc1. The highest BCUT2D eigenvalue weighted by Gasteiger charge is 1.83. The maximum Gasteiger partial charge on any atom is 0.0406 e. The summed E-state index contributed by atoms with van der Waals surface area (Å²) in [5.41, 5.74) is 0. The lowest BCUT2D eigenvalue weighted by molar-refractivity contribution is -0.147. The Labute approximate surface area is 60.5 Å². The molecule has 48 valence electrons. The topological polar surface area (TPSA) is 23.1 Å². The molecule has 1 atom stereocenters. The average Bonchev–Trinajstić information content (AvgIpc) is 1.90. The van der Waals surface area contributed by atoms with Gasteiger partial charge in [0.1, 0.15) is 0 Å².